The Hall–Kier alpha value is -1.73. The van der Waals surface area contributed by atoms with Gasteiger partial charge < -0.3 is 4.74 Å². The number of hydrogen-bond acceptors (Lipinski definition) is 5. The molecule has 0 saturated carbocycles. The van der Waals surface area contributed by atoms with Gasteiger partial charge in [-0.05, 0) is 31.9 Å². The summed E-state index contributed by atoms with van der Waals surface area (Å²) >= 11 is 0. The Balaban J connectivity index is 1.82. The van der Waals surface area contributed by atoms with Crippen molar-refractivity contribution in [2.75, 3.05) is 6.61 Å². The van der Waals surface area contributed by atoms with Crippen molar-refractivity contribution < 1.29 is 13.2 Å². The van der Waals surface area contributed by atoms with Crippen molar-refractivity contribution in [3.63, 3.8) is 0 Å². The van der Waals surface area contributed by atoms with Crippen LogP contribution in [-0.2, 0) is 21.1 Å². The molecular weight excluding hydrogens is 290 g/mol. The lowest BCUT2D eigenvalue weighted by molar-refractivity contribution is 0.0935. The van der Waals surface area contributed by atoms with Crippen LogP contribution in [0, 0.1) is 6.92 Å². The van der Waals surface area contributed by atoms with Crippen molar-refractivity contribution in [2.24, 2.45) is 0 Å². The first-order valence-electron chi connectivity index (χ1n) is 6.89. The van der Waals surface area contributed by atoms with E-state index >= 15 is 0 Å². The largest absolute Gasteiger partial charge is 0.376 e. The molecule has 1 aliphatic rings. The predicted octanol–water partition coefficient (Wildman–Crippen LogP) is 1.60. The van der Waals surface area contributed by atoms with E-state index in [4.69, 9.17) is 4.74 Å². The maximum Gasteiger partial charge on any atom is 0.227 e. The van der Waals surface area contributed by atoms with Crippen molar-refractivity contribution in [1.29, 1.82) is 0 Å². The van der Waals surface area contributed by atoms with E-state index in [0.29, 0.717) is 6.54 Å². The fourth-order valence-electron chi connectivity index (χ4n) is 2.33. The van der Waals surface area contributed by atoms with E-state index in [1.54, 1.807) is 24.3 Å². The summed E-state index contributed by atoms with van der Waals surface area (Å²) in [6.45, 7) is 3.21. The zero-order valence-electron chi connectivity index (χ0n) is 11.8. The van der Waals surface area contributed by atoms with Crippen molar-refractivity contribution in [1.82, 2.24) is 15.0 Å². The second-order valence-corrected chi connectivity index (χ2v) is 7.13. The summed E-state index contributed by atoms with van der Waals surface area (Å²) in [5, 5.41) is 7.67. The molecule has 0 N–H and O–H groups in total. The summed E-state index contributed by atoms with van der Waals surface area (Å²) < 4.78 is 31.9. The van der Waals surface area contributed by atoms with Gasteiger partial charge in [-0.3, -0.25) is 0 Å². The Bertz CT molecular complexity index is 716. The van der Waals surface area contributed by atoms with Gasteiger partial charge in [0, 0.05) is 6.61 Å². The van der Waals surface area contributed by atoms with Crippen LogP contribution >= 0.6 is 0 Å². The maximum absolute atomic E-state index is 12.4. The molecule has 0 amide bonds. The van der Waals surface area contributed by atoms with Gasteiger partial charge >= 0.3 is 0 Å². The minimum Gasteiger partial charge on any atom is -0.376 e. The van der Waals surface area contributed by atoms with Gasteiger partial charge in [-0.25, -0.2) is 13.1 Å². The van der Waals surface area contributed by atoms with Crippen molar-refractivity contribution in [3.05, 3.63) is 36.0 Å². The van der Waals surface area contributed by atoms with Crippen LogP contribution in [0.1, 0.15) is 18.4 Å². The van der Waals surface area contributed by atoms with E-state index in [1.807, 2.05) is 6.92 Å². The van der Waals surface area contributed by atoms with Gasteiger partial charge in [0.15, 0.2) is 0 Å². The molecule has 0 radical (unpaired) electrons. The molecule has 2 aromatic rings. The van der Waals surface area contributed by atoms with Gasteiger partial charge in [0.25, 0.3) is 0 Å². The number of nitrogens with zero attached hydrogens (tertiary/aromatic N) is 3. The molecule has 1 fully saturated rings. The molecule has 1 unspecified atom stereocenters. The second kappa shape index (κ2) is 5.57. The lowest BCUT2D eigenvalue weighted by Crippen LogP contribution is -2.15. The number of aromatic nitrogens is 3. The topological polar surface area (TPSA) is 74.1 Å². The Morgan fingerprint density at radius 3 is 2.76 bits per heavy atom. The van der Waals surface area contributed by atoms with Gasteiger partial charge in [-0.15, -0.1) is 5.10 Å². The highest BCUT2D eigenvalue weighted by Gasteiger charge is 2.23. The van der Waals surface area contributed by atoms with Crippen LogP contribution in [0.25, 0.3) is 0 Å². The quantitative estimate of drug-likeness (QED) is 0.857. The lowest BCUT2D eigenvalue weighted by atomic mass is 10.2. The van der Waals surface area contributed by atoms with Gasteiger partial charge in [0.2, 0.25) is 14.9 Å². The Labute approximate surface area is 123 Å². The molecule has 1 aromatic heterocycles. The van der Waals surface area contributed by atoms with Crippen molar-refractivity contribution in [2.45, 2.75) is 42.3 Å². The van der Waals surface area contributed by atoms with Crippen LogP contribution in [0.15, 0.2) is 40.4 Å². The van der Waals surface area contributed by atoms with Crippen molar-refractivity contribution in [3.8, 4) is 0 Å². The number of rotatable bonds is 4. The zero-order chi connectivity index (χ0) is 14.9. The van der Waals surface area contributed by atoms with Crippen LogP contribution in [0.4, 0.5) is 0 Å². The summed E-state index contributed by atoms with van der Waals surface area (Å²) in [6, 6.07) is 6.71. The minimum absolute atomic E-state index is 0.0237. The normalized spacial score (nSPS) is 19.0. The molecule has 6 nitrogen and oxygen atoms in total. The fraction of sp³-hybridized carbons (Fsp3) is 0.429. The minimum atomic E-state index is -3.60. The van der Waals surface area contributed by atoms with Crippen LogP contribution in [0.3, 0.4) is 0 Å². The van der Waals surface area contributed by atoms with E-state index in [1.165, 1.54) is 10.9 Å². The van der Waals surface area contributed by atoms with E-state index < -0.39 is 9.84 Å². The van der Waals surface area contributed by atoms with Crippen LogP contribution < -0.4 is 0 Å². The van der Waals surface area contributed by atoms with Crippen LogP contribution in [0.5, 0.6) is 0 Å². The third-order valence-electron chi connectivity index (χ3n) is 3.54. The summed E-state index contributed by atoms with van der Waals surface area (Å²) in [5.41, 5.74) is 1.01. The second-order valence-electron chi connectivity index (χ2n) is 5.23. The number of benzene rings is 1. The monoisotopic (exact) mass is 307 g/mol. The van der Waals surface area contributed by atoms with Gasteiger partial charge in [0.1, 0.15) is 0 Å². The van der Waals surface area contributed by atoms with E-state index in [-0.39, 0.29) is 16.0 Å². The lowest BCUT2D eigenvalue weighted by Gasteiger charge is -2.07. The Morgan fingerprint density at radius 1 is 1.33 bits per heavy atom. The molecule has 112 valence electrons. The number of hydrogen-bond donors (Lipinski definition) is 0. The average Bonchev–Trinajstić information content (AvgIpc) is 3.11. The Kier molecular flexibility index (Phi) is 3.77. The number of ether oxygens (including phenoxy) is 1. The molecule has 21 heavy (non-hydrogen) atoms. The smallest absolute Gasteiger partial charge is 0.227 e. The molecule has 0 bridgehead atoms. The standard InChI is InChI=1S/C14H17N3O3S/c1-11-4-6-13(7-5-11)21(18,19)14-10-17(16-15-14)9-12-3-2-8-20-12/h4-7,10,12H,2-3,8-9H2,1H3. The molecule has 2 heterocycles. The highest BCUT2D eigenvalue weighted by atomic mass is 32.2. The van der Waals surface area contributed by atoms with Crippen molar-refractivity contribution >= 4 is 9.84 Å². The zero-order valence-corrected chi connectivity index (χ0v) is 12.6. The summed E-state index contributed by atoms with van der Waals surface area (Å²) in [5.74, 6) is 0. The molecule has 1 aromatic carbocycles. The highest BCUT2D eigenvalue weighted by molar-refractivity contribution is 7.91. The number of aryl methyl sites for hydroxylation is 1. The summed E-state index contributed by atoms with van der Waals surface area (Å²) in [7, 11) is -3.60. The average molecular weight is 307 g/mol. The molecule has 1 atom stereocenters. The molecule has 1 aliphatic heterocycles. The van der Waals surface area contributed by atoms with Gasteiger partial charge in [-0.2, -0.15) is 0 Å². The molecule has 0 spiro atoms. The molecule has 0 aliphatic carbocycles. The van der Waals surface area contributed by atoms with E-state index in [0.717, 1.165) is 25.0 Å². The molecular formula is C14H17N3O3S. The van der Waals surface area contributed by atoms with Gasteiger partial charge in [-0.1, -0.05) is 22.9 Å². The van der Waals surface area contributed by atoms with Crippen LogP contribution in [0.2, 0.25) is 0 Å². The first-order chi connectivity index (χ1) is 10.1. The van der Waals surface area contributed by atoms with Crippen LogP contribution in [-0.4, -0.2) is 36.1 Å². The Morgan fingerprint density at radius 2 is 2.10 bits per heavy atom. The fourth-order valence-corrected chi connectivity index (χ4v) is 3.47. The van der Waals surface area contributed by atoms with Gasteiger partial charge in [0.05, 0.1) is 23.7 Å². The summed E-state index contributed by atoms with van der Waals surface area (Å²) in [4.78, 5) is 0.234. The molecule has 3 rings (SSSR count). The third kappa shape index (κ3) is 2.98. The first kappa shape index (κ1) is 14.2. The molecule has 1 saturated heterocycles. The maximum atomic E-state index is 12.4. The third-order valence-corrected chi connectivity index (χ3v) is 5.17. The predicted molar refractivity (Wildman–Crippen MR) is 75.6 cm³/mol. The SMILES string of the molecule is Cc1ccc(S(=O)(=O)c2cn(CC3CCCO3)nn2)cc1. The summed E-state index contributed by atoms with van der Waals surface area (Å²) in [6.07, 6.45) is 3.58. The number of sulfone groups is 1. The van der Waals surface area contributed by atoms with E-state index in [9.17, 15) is 8.42 Å². The first-order valence-corrected chi connectivity index (χ1v) is 8.37. The molecule has 7 heteroatoms. The highest BCUT2D eigenvalue weighted by Crippen LogP contribution is 2.19. The van der Waals surface area contributed by atoms with E-state index in [2.05, 4.69) is 10.3 Å².